The minimum Gasteiger partial charge on any atom is -0.492 e. The summed E-state index contributed by atoms with van der Waals surface area (Å²) < 4.78 is 5.63. The number of amides is 2. The highest BCUT2D eigenvalue weighted by molar-refractivity contribution is 6.01. The standard InChI is InChI=1S/C18H25N3O3/c1-3-24-16-7-5-4-6-15(16)21-12-14(10-17(21)22)18(23)20-9-8-19-11-13(20)2/h4-7,13-14,19H,3,8-12H2,1-2H3/t13-,14?/m0/s1. The number of piperazine rings is 1. The number of benzene rings is 1. The molecule has 2 saturated heterocycles. The molecular formula is C18H25N3O3. The van der Waals surface area contributed by atoms with E-state index in [1.165, 1.54) is 0 Å². The Hall–Kier alpha value is -2.08. The van der Waals surface area contributed by atoms with E-state index in [0.29, 0.717) is 25.4 Å². The van der Waals surface area contributed by atoms with Crippen LogP contribution in [0.3, 0.4) is 0 Å². The van der Waals surface area contributed by atoms with E-state index in [-0.39, 0.29) is 30.2 Å². The van der Waals surface area contributed by atoms with Crippen LogP contribution in [0.4, 0.5) is 5.69 Å². The summed E-state index contributed by atoms with van der Waals surface area (Å²) in [6.07, 6.45) is 0.274. The quantitative estimate of drug-likeness (QED) is 0.902. The smallest absolute Gasteiger partial charge is 0.228 e. The molecule has 2 heterocycles. The average molecular weight is 331 g/mol. The molecule has 1 aromatic rings. The van der Waals surface area contributed by atoms with Gasteiger partial charge in [-0.25, -0.2) is 0 Å². The van der Waals surface area contributed by atoms with E-state index < -0.39 is 0 Å². The van der Waals surface area contributed by atoms with E-state index in [1.54, 1.807) is 4.90 Å². The predicted octanol–water partition coefficient (Wildman–Crippen LogP) is 1.26. The Kier molecular flexibility index (Phi) is 5.04. The fraction of sp³-hybridized carbons (Fsp3) is 0.556. The first-order valence-corrected chi connectivity index (χ1v) is 8.65. The second-order valence-corrected chi connectivity index (χ2v) is 6.39. The Morgan fingerprint density at radius 2 is 2.17 bits per heavy atom. The van der Waals surface area contributed by atoms with E-state index in [4.69, 9.17) is 4.74 Å². The first kappa shape index (κ1) is 16.8. The van der Waals surface area contributed by atoms with E-state index in [2.05, 4.69) is 5.32 Å². The monoisotopic (exact) mass is 331 g/mol. The number of anilines is 1. The zero-order valence-electron chi connectivity index (χ0n) is 14.3. The van der Waals surface area contributed by atoms with Crippen LogP contribution in [0.25, 0.3) is 0 Å². The van der Waals surface area contributed by atoms with Crippen LogP contribution < -0.4 is 15.0 Å². The number of ether oxygens (including phenoxy) is 1. The van der Waals surface area contributed by atoms with Crippen molar-refractivity contribution in [2.24, 2.45) is 5.92 Å². The van der Waals surface area contributed by atoms with Crippen molar-refractivity contribution in [2.75, 3.05) is 37.7 Å². The van der Waals surface area contributed by atoms with Gasteiger partial charge >= 0.3 is 0 Å². The summed E-state index contributed by atoms with van der Waals surface area (Å²) in [6, 6.07) is 7.69. The van der Waals surface area contributed by atoms with Crippen LogP contribution in [0.15, 0.2) is 24.3 Å². The van der Waals surface area contributed by atoms with E-state index in [0.717, 1.165) is 18.8 Å². The lowest BCUT2D eigenvalue weighted by molar-refractivity contribution is -0.138. The van der Waals surface area contributed by atoms with Crippen LogP contribution in [-0.4, -0.2) is 55.5 Å². The molecule has 6 nitrogen and oxygen atoms in total. The van der Waals surface area contributed by atoms with E-state index in [1.807, 2.05) is 43.0 Å². The number of carbonyl (C=O) groups excluding carboxylic acids is 2. The Balaban J connectivity index is 1.75. The summed E-state index contributed by atoms with van der Waals surface area (Å²) in [5.41, 5.74) is 0.757. The van der Waals surface area contributed by atoms with E-state index >= 15 is 0 Å². The molecule has 0 aromatic heterocycles. The van der Waals surface area contributed by atoms with Gasteiger partial charge in [0, 0.05) is 38.6 Å². The number of carbonyl (C=O) groups is 2. The van der Waals surface area contributed by atoms with Crippen LogP contribution in [0, 0.1) is 5.92 Å². The summed E-state index contributed by atoms with van der Waals surface area (Å²) in [7, 11) is 0. The van der Waals surface area contributed by atoms with Gasteiger partial charge in [-0.3, -0.25) is 9.59 Å². The Morgan fingerprint density at radius 1 is 1.38 bits per heavy atom. The van der Waals surface area contributed by atoms with Crippen LogP contribution in [0.2, 0.25) is 0 Å². The number of nitrogens with one attached hydrogen (secondary N) is 1. The van der Waals surface area contributed by atoms with Gasteiger partial charge in [-0.2, -0.15) is 0 Å². The summed E-state index contributed by atoms with van der Waals surface area (Å²) in [5, 5.41) is 3.29. The fourth-order valence-corrected chi connectivity index (χ4v) is 3.47. The molecule has 2 aliphatic rings. The molecule has 130 valence electrons. The lowest BCUT2D eigenvalue weighted by Gasteiger charge is -2.35. The van der Waals surface area contributed by atoms with Crippen molar-refractivity contribution in [3.8, 4) is 5.75 Å². The minimum atomic E-state index is -0.271. The number of hydrogen-bond acceptors (Lipinski definition) is 4. The molecule has 0 bridgehead atoms. The summed E-state index contributed by atoms with van der Waals surface area (Å²) in [6.45, 7) is 7.26. The van der Waals surface area contributed by atoms with Gasteiger partial charge in [-0.05, 0) is 26.0 Å². The molecule has 2 amide bonds. The molecule has 2 aliphatic heterocycles. The highest BCUT2D eigenvalue weighted by Gasteiger charge is 2.39. The molecule has 0 aliphatic carbocycles. The second kappa shape index (κ2) is 7.21. The molecule has 2 fully saturated rings. The molecule has 0 spiro atoms. The predicted molar refractivity (Wildman–Crippen MR) is 92.1 cm³/mol. The van der Waals surface area contributed by atoms with Gasteiger partial charge in [-0.15, -0.1) is 0 Å². The van der Waals surface area contributed by atoms with Gasteiger partial charge in [0.25, 0.3) is 0 Å². The van der Waals surface area contributed by atoms with Crippen molar-refractivity contribution in [1.29, 1.82) is 0 Å². The summed E-state index contributed by atoms with van der Waals surface area (Å²) in [5.74, 6) is 0.502. The maximum atomic E-state index is 12.8. The minimum absolute atomic E-state index is 0.0108. The first-order valence-electron chi connectivity index (χ1n) is 8.65. The van der Waals surface area contributed by atoms with Crippen molar-refractivity contribution in [3.63, 3.8) is 0 Å². The van der Waals surface area contributed by atoms with Gasteiger partial charge in [0.1, 0.15) is 5.75 Å². The maximum Gasteiger partial charge on any atom is 0.228 e. The second-order valence-electron chi connectivity index (χ2n) is 6.39. The van der Waals surface area contributed by atoms with Crippen molar-refractivity contribution in [3.05, 3.63) is 24.3 Å². The van der Waals surface area contributed by atoms with Gasteiger partial charge in [0.2, 0.25) is 11.8 Å². The van der Waals surface area contributed by atoms with E-state index in [9.17, 15) is 9.59 Å². The highest BCUT2D eigenvalue weighted by atomic mass is 16.5. The fourth-order valence-electron chi connectivity index (χ4n) is 3.47. The molecule has 0 radical (unpaired) electrons. The molecule has 0 saturated carbocycles. The van der Waals surface area contributed by atoms with Crippen molar-refractivity contribution in [2.45, 2.75) is 26.3 Å². The summed E-state index contributed by atoms with van der Waals surface area (Å²) >= 11 is 0. The Morgan fingerprint density at radius 3 is 2.92 bits per heavy atom. The van der Waals surface area contributed by atoms with Crippen LogP contribution in [0.1, 0.15) is 20.3 Å². The van der Waals surface area contributed by atoms with Crippen LogP contribution >= 0.6 is 0 Å². The van der Waals surface area contributed by atoms with Gasteiger partial charge in [0.05, 0.1) is 18.2 Å². The molecular weight excluding hydrogens is 306 g/mol. The van der Waals surface area contributed by atoms with Crippen LogP contribution in [0.5, 0.6) is 5.75 Å². The average Bonchev–Trinajstić information content (AvgIpc) is 2.97. The molecule has 1 aromatic carbocycles. The third-order valence-electron chi connectivity index (χ3n) is 4.71. The van der Waals surface area contributed by atoms with Crippen molar-refractivity contribution < 1.29 is 14.3 Å². The molecule has 3 rings (SSSR count). The maximum absolute atomic E-state index is 12.8. The largest absolute Gasteiger partial charge is 0.492 e. The molecule has 2 atom stereocenters. The first-order chi connectivity index (χ1) is 11.6. The highest BCUT2D eigenvalue weighted by Crippen LogP contribution is 2.33. The molecule has 6 heteroatoms. The normalized spacial score (nSPS) is 24.3. The molecule has 24 heavy (non-hydrogen) atoms. The SMILES string of the molecule is CCOc1ccccc1N1CC(C(=O)N2CCNC[C@@H]2C)CC1=O. The van der Waals surface area contributed by atoms with Gasteiger partial charge < -0.3 is 19.9 Å². The topological polar surface area (TPSA) is 61.9 Å². The lowest BCUT2D eigenvalue weighted by atomic mass is 10.1. The lowest BCUT2D eigenvalue weighted by Crippen LogP contribution is -2.54. The van der Waals surface area contributed by atoms with Crippen molar-refractivity contribution in [1.82, 2.24) is 10.2 Å². The number of nitrogens with zero attached hydrogens (tertiary/aromatic N) is 2. The van der Waals surface area contributed by atoms with Crippen molar-refractivity contribution >= 4 is 17.5 Å². The Bertz CT molecular complexity index is 619. The van der Waals surface area contributed by atoms with Gasteiger partial charge in [-0.1, -0.05) is 12.1 Å². The number of rotatable bonds is 4. The van der Waals surface area contributed by atoms with Crippen LogP contribution in [-0.2, 0) is 9.59 Å². The molecule has 1 unspecified atom stereocenters. The zero-order valence-corrected chi connectivity index (χ0v) is 14.3. The third-order valence-corrected chi connectivity index (χ3v) is 4.71. The number of para-hydroxylation sites is 2. The summed E-state index contributed by atoms with van der Waals surface area (Å²) in [4.78, 5) is 28.9. The molecule has 1 N–H and O–H groups in total. The third kappa shape index (κ3) is 3.24. The Labute approximate surface area is 142 Å². The van der Waals surface area contributed by atoms with Gasteiger partial charge in [0.15, 0.2) is 0 Å². The zero-order chi connectivity index (χ0) is 17.1. The number of hydrogen-bond donors (Lipinski definition) is 1.